The summed E-state index contributed by atoms with van der Waals surface area (Å²) in [4.78, 5) is 40.6. The fourth-order valence-electron chi connectivity index (χ4n) is 0.867. The van der Waals surface area contributed by atoms with Crippen LogP contribution in [0.15, 0.2) is 23.5 Å². The Morgan fingerprint density at radius 2 is 1.20 bits per heavy atom. The van der Waals surface area contributed by atoms with E-state index in [4.69, 9.17) is 0 Å². The molecule has 110 valence electrons. The van der Waals surface area contributed by atoms with E-state index in [0.717, 1.165) is 26.0 Å². The largest absolute Gasteiger partial charge is 0.454 e. The lowest BCUT2D eigenvalue weighted by Gasteiger charge is -2.00. The van der Waals surface area contributed by atoms with E-state index in [1.165, 1.54) is 0 Å². The summed E-state index contributed by atoms with van der Waals surface area (Å²) in [5.41, 5.74) is -1.11. The average molecular weight is 288 g/mol. The molecule has 0 aromatic carbocycles. The Balaban J connectivity index is 5.01. The maximum absolute atomic E-state index is 10.6. The van der Waals surface area contributed by atoms with Gasteiger partial charge in [0.05, 0.1) is 9.85 Å². The fraction of sp³-hybridized carbons (Fsp3) is 0.400. The monoisotopic (exact) mass is 288 g/mol. The lowest BCUT2D eigenvalue weighted by atomic mass is 10.3. The standard InChI is InChI=1S/C10H12N2O8/c1-7(13)19-5-9(11(15)16)3-4-10(12(17)18)6-20-8(2)14/h3-4H,5-6H2,1-2H3. The van der Waals surface area contributed by atoms with Crippen molar-refractivity contribution < 1.29 is 28.9 Å². The number of allylic oxidation sites excluding steroid dienone is 2. The highest BCUT2D eigenvalue weighted by Crippen LogP contribution is 2.03. The molecule has 0 aliphatic carbocycles. The zero-order valence-corrected chi connectivity index (χ0v) is 10.7. The van der Waals surface area contributed by atoms with Crippen LogP contribution in [0.3, 0.4) is 0 Å². The van der Waals surface area contributed by atoms with Crippen LogP contribution >= 0.6 is 0 Å². The summed E-state index contributed by atoms with van der Waals surface area (Å²) in [6, 6.07) is 0. The summed E-state index contributed by atoms with van der Waals surface area (Å²) >= 11 is 0. The van der Waals surface area contributed by atoms with E-state index in [0.29, 0.717) is 0 Å². The molecule has 0 atom stereocenters. The highest BCUT2D eigenvalue weighted by Gasteiger charge is 2.15. The van der Waals surface area contributed by atoms with Gasteiger partial charge in [0.25, 0.3) is 11.4 Å². The molecule has 10 nitrogen and oxygen atoms in total. The van der Waals surface area contributed by atoms with Crippen LogP contribution in [0.25, 0.3) is 0 Å². The normalized spacial score (nSPS) is 11.7. The zero-order valence-electron chi connectivity index (χ0n) is 10.7. The molecule has 0 heterocycles. The van der Waals surface area contributed by atoms with E-state index in [9.17, 15) is 29.8 Å². The fourth-order valence-corrected chi connectivity index (χ4v) is 0.867. The predicted octanol–water partition coefficient (Wildman–Crippen LogP) is 0.434. The number of rotatable bonds is 7. The van der Waals surface area contributed by atoms with Gasteiger partial charge in [0, 0.05) is 26.0 Å². The molecule has 0 bridgehead atoms. The van der Waals surface area contributed by atoms with Gasteiger partial charge in [-0.3, -0.25) is 29.8 Å². The third kappa shape index (κ3) is 7.53. The van der Waals surface area contributed by atoms with E-state index >= 15 is 0 Å². The molecule has 0 rings (SSSR count). The summed E-state index contributed by atoms with van der Waals surface area (Å²) in [6.45, 7) is 0.877. The number of ether oxygens (including phenoxy) is 2. The second kappa shape index (κ2) is 8.34. The van der Waals surface area contributed by atoms with Gasteiger partial charge in [-0.2, -0.15) is 0 Å². The van der Waals surface area contributed by atoms with Crippen molar-refractivity contribution >= 4 is 11.9 Å². The molecule has 0 radical (unpaired) electrons. The molecule has 0 aromatic heterocycles. The Morgan fingerprint density at radius 3 is 1.40 bits per heavy atom. The summed E-state index contributed by atoms with van der Waals surface area (Å²) in [5, 5.41) is 21.2. The summed E-state index contributed by atoms with van der Waals surface area (Å²) in [6.07, 6.45) is 1.62. The average Bonchev–Trinajstić information content (AvgIpc) is 2.30. The van der Waals surface area contributed by atoms with Crippen molar-refractivity contribution in [1.29, 1.82) is 0 Å². The molecule has 0 N–H and O–H groups in total. The molecule has 20 heavy (non-hydrogen) atoms. The Kier molecular flexibility index (Phi) is 7.18. The van der Waals surface area contributed by atoms with Gasteiger partial charge in [-0.1, -0.05) is 0 Å². The van der Waals surface area contributed by atoms with Crippen LogP contribution in [0.1, 0.15) is 13.8 Å². The van der Waals surface area contributed by atoms with Gasteiger partial charge in [-0.05, 0) is 0 Å². The van der Waals surface area contributed by atoms with Gasteiger partial charge in [0.1, 0.15) is 0 Å². The van der Waals surface area contributed by atoms with E-state index in [1.807, 2.05) is 0 Å². The van der Waals surface area contributed by atoms with Crippen molar-refractivity contribution in [3.05, 3.63) is 43.8 Å². The molecule has 0 unspecified atom stereocenters. The highest BCUT2D eigenvalue weighted by atomic mass is 16.6. The third-order valence-electron chi connectivity index (χ3n) is 1.78. The molecule has 10 heteroatoms. The summed E-state index contributed by atoms with van der Waals surface area (Å²) in [5.74, 6) is -1.45. The number of nitro groups is 2. The number of hydrogen-bond donors (Lipinski definition) is 0. The van der Waals surface area contributed by atoms with E-state index in [2.05, 4.69) is 9.47 Å². The maximum Gasteiger partial charge on any atom is 0.303 e. The van der Waals surface area contributed by atoms with E-state index < -0.39 is 46.4 Å². The first-order chi connectivity index (χ1) is 9.23. The maximum atomic E-state index is 10.6. The van der Waals surface area contributed by atoms with Gasteiger partial charge < -0.3 is 9.47 Å². The second-order valence-corrected chi connectivity index (χ2v) is 3.39. The van der Waals surface area contributed by atoms with Crippen LogP contribution in [-0.2, 0) is 19.1 Å². The van der Waals surface area contributed by atoms with Gasteiger partial charge in [0.15, 0.2) is 13.2 Å². The minimum Gasteiger partial charge on any atom is -0.454 e. The van der Waals surface area contributed by atoms with Gasteiger partial charge >= 0.3 is 11.9 Å². The van der Waals surface area contributed by atoms with Crippen molar-refractivity contribution in [1.82, 2.24) is 0 Å². The number of esters is 2. The molecular weight excluding hydrogens is 276 g/mol. The minimum atomic E-state index is -0.844. The number of carbonyl (C=O) groups is 2. The van der Waals surface area contributed by atoms with Crippen molar-refractivity contribution in [3.8, 4) is 0 Å². The van der Waals surface area contributed by atoms with Gasteiger partial charge in [0.2, 0.25) is 0 Å². The van der Waals surface area contributed by atoms with Crippen LogP contribution < -0.4 is 0 Å². The quantitative estimate of drug-likeness (QED) is 0.284. The van der Waals surface area contributed by atoms with Gasteiger partial charge in [-0.15, -0.1) is 0 Å². The Bertz CT molecular complexity index is 436. The first kappa shape index (κ1) is 17.2. The van der Waals surface area contributed by atoms with Crippen molar-refractivity contribution in [2.75, 3.05) is 13.2 Å². The number of carbonyl (C=O) groups excluding carboxylic acids is 2. The van der Waals surface area contributed by atoms with Crippen LogP contribution in [-0.4, -0.2) is 35.0 Å². The molecule has 0 aromatic rings. The molecule has 0 amide bonds. The van der Waals surface area contributed by atoms with E-state index in [1.54, 1.807) is 0 Å². The lowest BCUT2D eigenvalue weighted by Crippen LogP contribution is -2.11. The molecule has 0 saturated heterocycles. The summed E-state index contributed by atoms with van der Waals surface area (Å²) in [7, 11) is 0. The topological polar surface area (TPSA) is 139 Å². The smallest absolute Gasteiger partial charge is 0.303 e. The van der Waals surface area contributed by atoms with Crippen LogP contribution in [0.5, 0.6) is 0 Å². The highest BCUT2D eigenvalue weighted by molar-refractivity contribution is 5.66. The van der Waals surface area contributed by atoms with Crippen molar-refractivity contribution in [2.45, 2.75) is 13.8 Å². The molecule has 0 fully saturated rings. The van der Waals surface area contributed by atoms with Crippen LogP contribution in [0.4, 0.5) is 0 Å². The Hall–Kier alpha value is -2.78. The Morgan fingerprint density at radius 1 is 0.900 bits per heavy atom. The van der Waals surface area contributed by atoms with Crippen LogP contribution in [0, 0.1) is 20.2 Å². The Labute approximate surface area is 113 Å². The van der Waals surface area contributed by atoms with E-state index in [-0.39, 0.29) is 0 Å². The SMILES string of the molecule is CC(=O)OCC(=CC=C(COC(C)=O)[N+](=O)[O-])[N+](=O)[O-]. The van der Waals surface area contributed by atoms with Crippen molar-refractivity contribution in [3.63, 3.8) is 0 Å². The number of nitrogens with zero attached hydrogens (tertiary/aromatic N) is 2. The molecular formula is C10H12N2O8. The summed E-state index contributed by atoms with van der Waals surface area (Å²) < 4.78 is 8.85. The first-order valence-corrected chi connectivity index (χ1v) is 5.19. The predicted molar refractivity (Wildman–Crippen MR) is 63.4 cm³/mol. The second-order valence-electron chi connectivity index (χ2n) is 3.39. The zero-order chi connectivity index (χ0) is 15.7. The van der Waals surface area contributed by atoms with Crippen molar-refractivity contribution in [2.24, 2.45) is 0 Å². The molecule has 0 spiro atoms. The molecule has 0 saturated carbocycles. The first-order valence-electron chi connectivity index (χ1n) is 5.19. The van der Waals surface area contributed by atoms with Crippen LogP contribution in [0.2, 0.25) is 0 Å². The number of hydrogen-bond acceptors (Lipinski definition) is 8. The molecule has 0 aliphatic heterocycles. The minimum absolute atomic E-state index is 0.553. The molecule has 0 aliphatic rings. The lowest BCUT2D eigenvalue weighted by molar-refractivity contribution is -0.432. The van der Waals surface area contributed by atoms with Gasteiger partial charge in [-0.25, -0.2) is 0 Å². The third-order valence-corrected chi connectivity index (χ3v) is 1.78.